The first-order valence-corrected chi connectivity index (χ1v) is 10.7. The van der Waals surface area contributed by atoms with Crippen molar-refractivity contribution >= 4 is 11.9 Å². The Morgan fingerprint density at radius 1 is 1.13 bits per heavy atom. The number of ether oxygens (including phenoxy) is 1. The Kier molecular flexibility index (Phi) is 5.58. The van der Waals surface area contributed by atoms with E-state index in [1.54, 1.807) is 0 Å². The third-order valence-corrected chi connectivity index (χ3v) is 7.35. The third-order valence-electron chi connectivity index (χ3n) is 7.35. The molecule has 4 aliphatic rings. The number of hydrogen-bond acceptors (Lipinski definition) is 3. The molecule has 0 radical (unpaired) electrons. The molecule has 0 saturated heterocycles. The lowest BCUT2D eigenvalue weighted by atomic mass is 9.48. The Labute approximate surface area is 174 Å². The van der Waals surface area contributed by atoms with E-state index in [1.807, 2.05) is 0 Å². The molecule has 1 amide bonds. The first-order chi connectivity index (χ1) is 14.1. The van der Waals surface area contributed by atoms with Crippen LogP contribution in [0.15, 0.2) is 24.3 Å². The summed E-state index contributed by atoms with van der Waals surface area (Å²) >= 11 is 0. The molecule has 30 heavy (non-hydrogen) atoms. The van der Waals surface area contributed by atoms with Gasteiger partial charge in [0.2, 0.25) is 0 Å². The normalized spacial score (nSPS) is 30.7. The summed E-state index contributed by atoms with van der Waals surface area (Å²) in [5.41, 5.74) is -0.445. The smallest absolute Gasteiger partial charge is 0.416 e. The van der Waals surface area contributed by atoms with E-state index in [-0.39, 0.29) is 29.3 Å². The second-order valence-electron chi connectivity index (χ2n) is 9.60. The van der Waals surface area contributed by atoms with Crippen LogP contribution < -0.4 is 5.32 Å². The summed E-state index contributed by atoms with van der Waals surface area (Å²) in [5.74, 6) is 1.27. The van der Waals surface area contributed by atoms with Gasteiger partial charge in [0.15, 0.2) is 6.61 Å². The lowest BCUT2D eigenvalue weighted by Crippen LogP contribution is -2.56. The number of carbonyl (C=O) groups excluding carboxylic acids is 2. The van der Waals surface area contributed by atoms with Crippen molar-refractivity contribution in [3.8, 4) is 0 Å². The van der Waals surface area contributed by atoms with Crippen LogP contribution in [-0.4, -0.2) is 24.5 Å². The Balaban J connectivity index is 1.26. The zero-order valence-electron chi connectivity index (χ0n) is 17.1. The predicted molar refractivity (Wildman–Crippen MR) is 104 cm³/mol. The van der Waals surface area contributed by atoms with Crippen molar-refractivity contribution in [2.75, 3.05) is 6.61 Å². The SMILES string of the molecule is C[C@H](NC(=O)COC(=O)Cc1cccc(C(F)(F)F)c1)C12CC3CC(CC(C3)C1)C2. The van der Waals surface area contributed by atoms with Gasteiger partial charge in [0.05, 0.1) is 12.0 Å². The minimum atomic E-state index is -4.47. The van der Waals surface area contributed by atoms with Gasteiger partial charge in [0.25, 0.3) is 5.91 Å². The lowest BCUT2D eigenvalue weighted by Gasteiger charge is -2.59. The summed E-state index contributed by atoms with van der Waals surface area (Å²) in [7, 11) is 0. The summed E-state index contributed by atoms with van der Waals surface area (Å²) < 4.78 is 43.4. The van der Waals surface area contributed by atoms with Crippen molar-refractivity contribution in [3.63, 3.8) is 0 Å². The van der Waals surface area contributed by atoms with Crippen molar-refractivity contribution in [2.24, 2.45) is 23.2 Å². The molecule has 4 saturated carbocycles. The Morgan fingerprint density at radius 2 is 1.73 bits per heavy atom. The highest BCUT2D eigenvalue weighted by atomic mass is 19.4. The number of rotatable bonds is 6. The molecule has 0 aromatic heterocycles. The zero-order valence-corrected chi connectivity index (χ0v) is 17.1. The molecule has 7 heteroatoms. The summed E-state index contributed by atoms with van der Waals surface area (Å²) in [5, 5.41) is 3.02. The van der Waals surface area contributed by atoms with Gasteiger partial charge < -0.3 is 10.1 Å². The van der Waals surface area contributed by atoms with Gasteiger partial charge in [-0.05, 0) is 80.2 Å². The molecule has 1 N–H and O–H groups in total. The average Bonchev–Trinajstić information content (AvgIpc) is 2.65. The Hall–Kier alpha value is -2.05. The number of hydrogen-bond donors (Lipinski definition) is 1. The highest BCUT2D eigenvalue weighted by molar-refractivity contribution is 5.81. The fourth-order valence-corrected chi connectivity index (χ4v) is 6.37. The van der Waals surface area contributed by atoms with Gasteiger partial charge in [-0.1, -0.05) is 18.2 Å². The summed E-state index contributed by atoms with van der Waals surface area (Å²) in [4.78, 5) is 24.4. The molecule has 0 aliphatic heterocycles. The molecule has 164 valence electrons. The zero-order chi connectivity index (χ0) is 21.5. The molecule has 0 heterocycles. The molecule has 5 rings (SSSR count). The minimum Gasteiger partial charge on any atom is -0.455 e. The third kappa shape index (κ3) is 4.49. The van der Waals surface area contributed by atoms with Crippen molar-refractivity contribution < 1.29 is 27.5 Å². The van der Waals surface area contributed by atoms with Crippen LogP contribution in [0, 0.1) is 23.2 Å². The monoisotopic (exact) mass is 423 g/mol. The van der Waals surface area contributed by atoms with Crippen molar-refractivity contribution in [2.45, 2.75) is 64.1 Å². The Bertz CT molecular complexity index is 785. The van der Waals surface area contributed by atoms with Crippen LogP contribution in [0.4, 0.5) is 13.2 Å². The highest BCUT2D eigenvalue weighted by Gasteiger charge is 2.53. The fraction of sp³-hybridized carbons (Fsp3) is 0.652. The molecule has 0 spiro atoms. The first-order valence-electron chi connectivity index (χ1n) is 10.7. The number of nitrogens with one attached hydrogen (secondary N) is 1. The standard InChI is InChI=1S/C23H28F3NO3/c1-14(22-10-16-5-17(11-22)7-18(6-16)12-22)27-20(28)13-30-21(29)9-15-3-2-4-19(8-15)23(24,25)26/h2-4,8,14,16-18H,5-7,9-13H2,1H3,(H,27,28)/t14-,16?,17?,18?,22?/m0/s1. The van der Waals surface area contributed by atoms with Gasteiger partial charge in [-0.2, -0.15) is 13.2 Å². The molecule has 1 atom stereocenters. The average molecular weight is 423 g/mol. The van der Waals surface area contributed by atoms with Crippen molar-refractivity contribution in [1.29, 1.82) is 0 Å². The molecule has 4 fully saturated rings. The van der Waals surface area contributed by atoms with E-state index >= 15 is 0 Å². The van der Waals surface area contributed by atoms with E-state index in [1.165, 1.54) is 31.4 Å². The molecular weight excluding hydrogens is 395 g/mol. The molecule has 0 unspecified atom stereocenters. The van der Waals surface area contributed by atoms with E-state index in [0.29, 0.717) is 0 Å². The van der Waals surface area contributed by atoms with E-state index in [9.17, 15) is 22.8 Å². The molecular formula is C23H28F3NO3. The maximum Gasteiger partial charge on any atom is 0.416 e. The maximum absolute atomic E-state index is 12.8. The van der Waals surface area contributed by atoms with Gasteiger partial charge in [-0.15, -0.1) is 0 Å². The number of alkyl halides is 3. The van der Waals surface area contributed by atoms with Gasteiger partial charge in [-0.3, -0.25) is 9.59 Å². The largest absolute Gasteiger partial charge is 0.455 e. The number of amides is 1. The molecule has 4 bridgehead atoms. The first kappa shape index (κ1) is 21.2. The van der Waals surface area contributed by atoms with Crippen LogP contribution in [0.25, 0.3) is 0 Å². The fourth-order valence-electron chi connectivity index (χ4n) is 6.37. The van der Waals surface area contributed by atoms with Crippen LogP contribution in [0.5, 0.6) is 0 Å². The summed E-state index contributed by atoms with van der Waals surface area (Å²) in [6.45, 7) is 1.64. The van der Waals surface area contributed by atoms with E-state index < -0.39 is 24.3 Å². The van der Waals surface area contributed by atoms with Gasteiger partial charge in [0, 0.05) is 6.04 Å². The predicted octanol–water partition coefficient (Wildman–Crippen LogP) is 4.51. The van der Waals surface area contributed by atoms with Gasteiger partial charge in [0.1, 0.15) is 0 Å². The Morgan fingerprint density at radius 3 is 2.30 bits per heavy atom. The van der Waals surface area contributed by atoms with E-state index in [4.69, 9.17) is 4.74 Å². The van der Waals surface area contributed by atoms with Crippen LogP contribution in [0.3, 0.4) is 0 Å². The van der Waals surface area contributed by atoms with E-state index in [0.717, 1.165) is 49.1 Å². The van der Waals surface area contributed by atoms with Crippen molar-refractivity contribution in [3.05, 3.63) is 35.4 Å². The quantitative estimate of drug-likeness (QED) is 0.685. The molecule has 4 aliphatic carbocycles. The molecule has 4 nitrogen and oxygen atoms in total. The minimum absolute atomic E-state index is 0.0283. The molecule has 1 aromatic carbocycles. The molecule has 1 aromatic rings. The topological polar surface area (TPSA) is 55.4 Å². The summed E-state index contributed by atoms with van der Waals surface area (Å²) in [6.07, 6.45) is 2.70. The number of halogens is 3. The second-order valence-corrected chi connectivity index (χ2v) is 9.60. The van der Waals surface area contributed by atoms with Gasteiger partial charge >= 0.3 is 12.1 Å². The van der Waals surface area contributed by atoms with Crippen LogP contribution in [0.2, 0.25) is 0 Å². The van der Waals surface area contributed by atoms with Crippen LogP contribution in [0.1, 0.15) is 56.6 Å². The van der Waals surface area contributed by atoms with Crippen LogP contribution in [-0.2, 0) is 26.9 Å². The van der Waals surface area contributed by atoms with Crippen molar-refractivity contribution in [1.82, 2.24) is 5.32 Å². The van der Waals surface area contributed by atoms with E-state index in [2.05, 4.69) is 12.2 Å². The lowest BCUT2D eigenvalue weighted by molar-refractivity contribution is -0.149. The van der Waals surface area contributed by atoms with Gasteiger partial charge in [-0.25, -0.2) is 0 Å². The number of carbonyl (C=O) groups is 2. The highest BCUT2D eigenvalue weighted by Crippen LogP contribution is 2.61. The number of benzene rings is 1. The maximum atomic E-state index is 12.8. The number of esters is 1. The second kappa shape index (κ2) is 7.89. The van der Waals surface area contributed by atoms with Crippen LogP contribution >= 0.6 is 0 Å². The summed E-state index contributed by atoms with van der Waals surface area (Å²) in [6, 6.07) is 4.60.